The van der Waals surface area contributed by atoms with E-state index in [1.807, 2.05) is 48.5 Å². The topological polar surface area (TPSA) is 101 Å². The molecule has 2 N–H and O–H groups in total. The predicted molar refractivity (Wildman–Crippen MR) is 147 cm³/mol. The number of rotatable bonds is 4. The van der Waals surface area contributed by atoms with E-state index < -0.39 is 6.04 Å². The molecule has 6 aliphatic rings. The van der Waals surface area contributed by atoms with Crippen molar-refractivity contribution in [3.63, 3.8) is 0 Å². The van der Waals surface area contributed by atoms with Gasteiger partial charge in [-0.1, -0.05) is 55.5 Å². The third kappa shape index (κ3) is 2.74. The molecule has 4 aliphatic carbocycles. The quantitative estimate of drug-likeness (QED) is 0.649. The van der Waals surface area contributed by atoms with Crippen molar-refractivity contribution in [2.24, 2.45) is 23.5 Å². The SMILES string of the molecule is CC1C2CN(C(=O)C(N)CCC(=O)N3CC4CCC45C3=CC(=O)c3ccccc35)C3=CC(=O)c4ccccc4C312. The number of likely N-dealkylation sites (tertiary alicyclic amines) is 2. The van der Waals surface area contributed by atoms with Gasteiger partial charge in [0.25, 0.3) is 0 Å². The summed E-state index contributed by atoms with van der Waals surface area (Å²) >= 11 is 0. The number of fused-ring (bicyclic) bond motifs is 2. The fourth-order valence-corrected chi connectivity index (χ4v) is 8.89. The highest BCUT2D eigenvalue weighted by atomic mass is 16.2. The molecule has 0 aromatic heterocycles. The van der Waals surface area contributed by atoms with E-state index in [9.17, 15) is 19.2 Å². The summed E-state index contributed by atoms with van der Waals surface area (Å²) in [5, 5.41) is 0. The molecule has 2 aliphatic heterocycles. The molecule has 2 saturated heterocycles. The van der Waals surface area contributed by atoms with Crippen LogP contribution in [0.5, 0.6) is 0 Å². The molecular weight excluding hydrogens is 502 g/mol. The van der Waals surface area contributed by atoms with E-state index in [1.54, 1.807) is 22.0 Å². The van der Waals surface area contributed by atoms with Crippen molar-refractivity contribution in [1.29, 1.82) is 0 Å². The highest BCUT2D eigenvalue weighted by Gasteiger charge is 2.72. The van der Waals surface area contributed by atoms with E-state index in [1.165, 1.54) is 0 Å². The lowest BCUT2D eigenvalue weighted by Crippen LogP contribution is -2.46. The molecule has 40 heavy (non-hydrogen) atoms. The van der Waals surface area contributed by atoms with Crippen LogP contribution in [0.1, 0.15) is 64.4 Å². The number of nitrogens with zero attached hydrogens (tertiary/aromatic N) is 2. The minimum atomic E-state index is -0.849. The summed E-state index contributed by atoms with van der Waals surface area (Å²) in [7, 11) is 0. The van der Waals surface area contributed by atoms with E-state index in [4.69, 9.17) is 5.73 Å². The Kier molecular flexibility index (Phi) is 4.73. The average molecular weight is 534 g/mol. The van der Waals surface area contributed by atoms with Crippen LogP contribution in [0.2, 0.25) is 0 Å². The Morgan fingerprint density at radius 2 is 1.57 bits per heavy atom. The molecule has 7 nitrogen and oxygen atoms in total. The number of hydrogen-bond donors (Lipinski definition) is 1. The van der Waals surface area contributed by atoms with Crippen LogP contribution in [0, 0.1) is 17.8 Å². The zero-order valence-electron chi connectivity index (χ0n) is 22.4. The van der Waals surface area contributed by atoms with E-state index in [0.29, 0.717) is 24.9 Å². The summed E-state index contributed by atoms with van der Waals surface area (Å²) in [6.07, 6.45) is 5.59. The Bertz CT molecular complexity index is 1620. The first-order chi connectivity index (χ1) is 19.3. The first kappa shape index (κ1) is 24.0. The molecule has 202 valence electrons. The zero-order valence-corrected chi connectivity index (χ0v) is 22.4. The molecule has 4 fully saturated rings. The van der Waals surface area contributed by atoms with Crippen molar-refractivity contribution in [3.8, 4) is 0 Å². The standard InChI is InChI=1S/C33H31N3O4/c1-18-24-17-36(29-15-27(38)21-7-3-5-9-23(21)33(18,24)29)31(40)25(34)10-11-30(39)35-16-19-12-13-32(19)22-8-4-2-6-20(22)26(37)14-28(32)35/h2-9,14-15,18-19,24-25H,10-13,16-17,34H2,1H3. The lowest BCUT2D eigenvalue weighted by Gasteiger charge is -2.47. The Balaban J connectivity index is 0.995. The Hall–Kier alpha value is -3.84. The van der Waals surface area contributed by atoms with Crippen molar-refractivity contribution in [1.82, 2.24) is 9.80 Å². The highest BCUT2D eigenvalue weighted by molar-refractivity contribution is 6.10. The van der Waals surface area contributed by atoms with Crippen LogP contribution in [0.3, 0.4) is 0 Å². The van der Waals surface area contributed by atoms with Crippen molar-refractivity contribution >= 4 is 23.4 Å². The van der Waals surface area contributed by atoms with Crippen LogP contribution in [-0.4, -0.2) is 52.3 Å². The normalized spacial score (nSPS) is 32.9. The number of hydrogen-bond acceptors (Lipinski definition) is 5. The number of carbonyl (C=O) groups is 4. The van der Waals surface area contributed by atoms with Crippen molar-refractivity contribution in [3.05, 3.63) is 94.3 Å². The number of carbonyl (C=O) groups excluding carboxylic acids is 4. The summed E-state index contributed by atoms with van der Waals surface area (Å²) in [4.78, 5) is 56.5. The lowest BCUT2D eigenvalue weighted by atomic mass is 9.55. The number of piperidine rings is 1. The van der Waals surface area contributed by atoms with Crippen molar-refractivity contribution in [2.45, 2.75) is 49.5 Å². The monoisotopic (exact) mass is 533 g/mol. The maximum Gasteiger partial charge on any atom is 0.243 e. The molecule has 8 rings (SSSR count). The van der Waals surface area contributed by atoms with Crippen LogP contribution < -0.4 is 5.73 Å². The van der Waals surface area contributed by atoms with Gasteiger partial charge in [0.2, 0.25) is 11.8 Å². The first-order valence-electron chi connectivity index (χ1n) is 14.4. The second-order valence-corrected chi connectivity index (χ2v) is 12.4. The molecule has 2 amide bonds. The highest BCUT2D eigenvalue weighted by Crippen LogP contribution is 2.70. The van der Waals surface area contributed by atoms with Crippen molar-refractivity contribution in [2.75, 3.05) is 13.1 Å². The minimum absolute atomic E-state index is 0.0545. The summed E-state index contributed by atoms with van der Waals surface area (Å²) in [6.45, 7) is 3.32. The summed E-state index contributed by atoms with van der Waals surface area (Å²) in [5.41, 5.74) is 11.0. The first-order valence-corrected chi connectivity index (χ1v) is 14.4. The Morgan fingerprint density at radius 3 is 2.27 bits per heavy atom. The summed E-state index contributed by atoms with van der Waals surface area (Å²) < 4.78 is 0. The van der Waals surface area contributed by atoms with E-state index in [-0.39, 0.29) is 53.0 Å². The van der Waals surface area contributed by atoms with E-state index in [0.717, 1.165) is 46.5 Å². The fourth-order valence-electron chi connectivity index (χ4n) is 8.89. The molecule has 7 heteroatoms. The van der Waals surface area contributed by atoms with Gasteiger partial charge in [0.1, 0.15) is 0 Å². The number of ketones is 2. The van der Waals surface area contributed by atoms with E-state index in [2.05, 4.69) is 6.92 Å². The zero-order chi connectivity index (χ0) is 27.6. The van der Waals surface area contributed by atoms with Gasteiger partial charge in [-0.2, -0.15) is 0 Å². The van der Waals surface area contributed by atoms with Gasteiger partial charge in [-0.3, -0.25) is 19.2 Å². The number of allylic oxidation sites excluding steroid dienone is 4. The fraction of sp³-hybridized carbons (Fsp3) is 0.394. The van der Waals surface area contributed by atoms with Crippen LogP contribution in [0.25, 0.3) is 0 Å². The number of benzene rings is 2. The Labute approximate surface area is 232 Å². The minimum Gasteiger partial charge on any atom is -0.320 e. The third-order valence-corrected chi connectivity index (χ3v) is 11.0. The van der Waals surface area contributed by atoms with E-state index >= 15 is 0 Å². The molecule has 6 atom stereocenters. The molecule has 2 aromatic rings. The van der Waals surface area contributed by atoms with Gasteiger partial charge in [-0.25, -0.2) is 0 Å². The maximum atomic E-state index is 13.6. The molecule has 0 bridgehead atoms. The van der Waals surface area contributed by atoms with Crippen LogP contribution in [0.15, 0.2) is 72.1 Å². The van der Waals surface area contributed by atoms with Gasteiger partial charge in [0.15, 0.2) is 11.6 Å². The van der Waals surface area contributed by atoms with Gasteiger partial charge >= 0.3 is 0 Å². The largest absolute Gasteiger partial charge is 0.320 e. The van der Waals surface area contributed by atoms with Crippen LogP contribution in [-0.2, 0) is 20.4 Å². The van der Waals surface area contributed by atoms with Gasteiger partial charge in [0, 0.05) is 65.0 Å². The molecule has 2 aromatic carbocycles. The molecule has 2 spiro atoms. The van der Waals surface area contributed by atoms with Crippen molar-refractivity contribution < 1.29 is 19.2 Å². The summed E-state index contributed by atoms with van der Waals surface area (Å²) in [5.74, 6) is 0.466. The second kappa shape index (κ2) is 7.88. The number of nitrogens with two attached hydrogens (primary N) is 1. The smallest absolute Gasteiger partial charge is 0.243 e. The Morgan fingerprint density at radius 1 is 0.925 bits per heavy atom. The van der Waals surface area contributed by atoms with Gasteiger partial charge in [-0.05, 0) is 48.1 Å². The van der Waals surface area contributed by atoms with Gasteiger partial charge < -0.3 is 15.5 Å². The summed E-state index contributed by atoms with van der Waals surface area (Å²) in [6, 6.07) is 14.6. The van der Waals surface area contributed by atoms with Crippen LogP contribution in [0.4, 0.5) is 0 Å². The maximum absolute atomic E-state index is 13.6. The molecule has 2 saturated carbocycles. The predicted octanol–water partition coefficient (Wildman–Crippen LogP) is 3.49. The van der Waals surface area contributed by atoms with Gasteiger partial charge in [0.05, 0.1) is 6.04 Å². The molecule has 0 radical (unpaired) electrons. The average Bonchev–Trinajstić information content (AvgIpc) is 3.24. The molecular formula is C33H31N3O4. The van der Waals surface area contributed by atoms with Gasteiger partial charge in [-0.15, -0.1) is 0 Å². The third-order valence-electron chi connectivity index (χ3n) is 11.0. The molecule has 2 heterocycles. The second-order valence-electron chi connectivity index (χ2n) is 12.4. The number of amides is 2. The molecule has 6 unspecified atom stereocenters. The lowest BCUT2D eigenvalue weighted by molar-refractivity contribution is -0.131. The van der Waals surface area contributed by atoms with Crippen LogP contribution >= 0.6 is 0 Å².